The molecule has 100 valence electrons. The molecule has 0 aliphatic rings. The number of nitrogens with one attached hydrogen (secondary N) is 2. The molecule has 17 heavy (non-hydrogen) atoms. The summed E-state index contributed by atoms with van der Waals surface area (Å²) in [6, 6.07) is 0. The molecule has 0 rings (SSSR count). The van der Waals surface area contributed by atoms with Crippen LogP contribution in [0.4, 0.5) is 4.79 Å². The van der Waals surface area contributed by atoms with E-state index < -0.39 is 22.4 Å². The molecular formula is C8H17N3O4S2. The highest BCUT2D eigenvalue weighted by Gasteiger charge is 2.17. The minimum Gasteiger partial charge on any atom is -0.446 e. The van der Waals surface area contributed by atoms with Crippen LogP contribution in [0.15, 0.2) is 0 Å². The van der Waals surface area contributed by atoms with Gasteiger partial charge in [0.25, 0.3) is 0 Å². The molecule has 7 nitrogen and oxygen atoms in total. The van der Waals surface area contributed by atoms with Crippen LogP contribution in [0.2, 0.25) is 0 Å². The molecule has 0 saturated carbocycles. The highest BCUT2D eigenvalue weighted by Crippen LogP contribution is 1.94. The topological polar surface area (TPSA) is 111 Å². The monoisotopic (exact) mass is 283 g/mol. The Morgan fingerprint density at radius 3 is 2.35 bits per heavy atom. The van der Waals surface area contributed by atoms with Crippen LogP contribution in [0.1, 0.15) is 20.8 Å². The van der Waals surface area contributed by atoms with Gasteiger partial charge in [-0.2, -0.15) is 13.1 Å². The number of amides is 1. The quantitative estimate of drug-likeness (QED) is 0.586. The van der Waals surface area contributed by atoms with Gasteiger partial charge in [0.2, 0.25) is 0 Å². The molecule has 0 saturated heterocycles. The van der Waals surface area contributed by atoms with Crippen LogP contribution in [0.3, 0.4) is 0 Å². The predicted molar refractivity (Wildman–Crippen MR) is 67.6 cm³/mol. The fourth-order valence-electron chi connectivity index (χ4n) is 0.719. The molecule has 0 bridgehead atoms. The van der Waals surface area contributed by atoms with Crippen molar-refractivity contribution in [2.75, 3.05) is 6.54 Å². The van der Waals surface area contributed by atoms with Crippen molar-refractivity contribution in [3.8, 4) is 0 Å². The van der Waals surface area contributed by atoms with Crippen molar-refractivity contribution in [1.82, 2.24) is 9.44 Å². The van der Waals surface area contributed by atoms with E-state index in [4.69, 9.17) is 5.73 Å². The number of carbonyl (C=O) groups is 1. The van der Waals surface area contributed by atoms with E-state index in [-0.39, 0.29) is 17.5 Å². The molecule has 0 aromatic heterocycles. The maximum absolute atomic E-state index is 11.3. The molecule has 0 aliphatic carbocycles. The molecular weight excluding hydrogens is 266 g/mol. The summed E-state index contributed by atoms with van der Waals surface area (Å²) >= 11 is 4.68. The molecule has 0 spiro atoms. The molecule has 0 aromatic carbocycles. The maximum atomic E-state index is 11.3. The fraction of sp³-hybridized carbons (Fsp3) is 0.750. The van der Waals surface area contributed by atoms with Gasteiger partial charge in [-0.15, -0.1) is 0 Å². The van der Waals surface area contributed by atoms with Crippen LogP contribution in [0.5, 0.6) is 0 Å². The van der Waals surface area contributed by atoms with Crippen molar-refractivity contribution >= 4 is 33.5 Å². The number of thiocarbonyl (C=S) groups is 1. The maximum Gasteiger partial charge on any atom is 0.422 e. The van der Waals surface area contributed by atoms with Crippen LogP contribution >= 0.6 is 12.2 Å². The van der Waals surface area contributed by atoms with Crippen molar-refractivity contribution in [2.45, 2.75) is 26.9 Å². The van der Waals surface area contributed by atoms with Gasteiger partial charge in [-0.1, -0.05) is 19.1 Å². The molecule has 0 heterocycles. The van der Waals surface area contributed by atoms with E-state index in [1.165, 1.54) is 0 Å². The van der Waals surface area contributed by atoms with Gasteiger partial charge in [0, 0.05) is 12.5 Å². The van der Waals surface area contributed by atoms with E-state index in [1.807, 2.05) is 0 Å². The van der Waals surface area contributed by atoms with Crippen LogP contribution in [-0.2, 0) is 14.9 Å². The Morgan fingerprint density at radius 2 is 1.94 bits per heavy atom. The third kappa shape index (κ3) is 7.88. The van der Waals surface area contributed by atoms with E-state index in [2.05, 4.69) is 21.7 Å². The molecule has 1 unspecified atom stereocenters. The second-order valence-electron chi connectivity index (χ2n) is 3.71. The number of ether oxygens (including phenoxy) is 1. The smallest absolute Gasteiger partial charge is 0.422 e. The third-order valence-corrected chi connectivity index (χ3v) is 3.01. The third-order valence-electron chi connectivity index (χ3n) is 1.63. The van der Waals surface area contributed by atoms with Gasteiger partial charge >= 0.3 is 16.3 Å². The fourth-order valence-corrected chi connectivity index (χ4v) is 1.61. The van der Waals surface area contributed by atoms with E-state index in [0.717, 1.165) is 0 Å². The summed E-state index contributed by atoms with van der Waals surface area (Å²) in [5, 5.41) is 0. The van der Waals surface area contributed by atoms with Crippen molar-refractivity contribution in [3.63, 3.8) is 0 Å². The number of carbonyl (C=O) groups excluding carboxylic acids is 1. The lowest BCUT2D eigenvalue weighted by Crippen LogP contribution is -2.43. The van der Waals surface area contributed by atoms with E-state index in [1.54, 1.807) is 25.5 Å². The molecule has 1 amide bonds. The van der Waals surface area contributed by atoms with Crippen molar-refractivity contribution in [1.29, 1.82) is 0 Å². The lowest BCUT2D eigenvalue weighted by Gasteiger charge is -2.13. The zero-order valence-electron chi connectivity index (χ0n) is 9.89. The number of hydrogen-bond donors (Lipinski definition) is 3. The minimum absolute atomic E-state index is 0.0135. The lowest BCUT2D eigenvalue weighted by molar-refractivity contribution is 0.121. The summed E-state index contributed by atoms with van der Waals surface area (Å²) in [6.45, 7) is 4.89. The Hall–Kier alpha value is -0.930. The summed E-state index contributed by atoms with van der Waals surface area (Å²) in [5.74, 6) is -0.303. The molecule has 0 fully saturated rings. The van der Waals surface area contributed by atoms with Crippen molar-refractivity contribution < 1.29 is 17.9 Å². The van der Waals surface area contributed by atoms with E-state index >= 15 is 0 Å². The van der Waals surface area contributed by atoms with Crippen LogP contribution < -0.4 is 15.2 Å². The van der Waals surface area contributed by atoms with Gasteiger partial charge in [-0.25, -0.2) is 9.52 Å². The van der Waals surface area contributed by atoms with E-state index in [0.29, 0.717) is 0 Å². The van der Waals surface area contributed by atoms with Gasteiger partial charge in [0.15, 0.2) is 0 Å². The molecule has 0 aromatic rings. The summed E-state index contributed by atoms with van der Waals surface area (Å²) in [4.78, 5) is 11.2. The first-order chi connectivity index (χ1) is 7.64. The lowest BCUT2D eigenvalue weighted by atomic mass is 10.2. The average Bonchev–Trinajstić information content (AvgIpc) is 2.11. The molecule has 1 atom stereocenters. The second-order valence-corrected chi connectivity index (χ2v) is 5.68. The van der Waals surface area contributed by atoms with Crippen LogP contribution in [0.25, 0.3) is 0 Å². The van der Waals surface area contributed by atoms with Gasteiger partial charge in [-0.3, -0.25) is 0 Å². The number of hydrogen-bond acceptors (Lipinski definition) is 5. The zero-order valence-corrected chi connectivity index (χ0v) is 11.5. The van der Waals surface area contributed by atoms with Gasteiger partial charge in [0.1, 0.15) is 0 Å². The zero-order chi connectivity index (χ0) is 13.6. The molecule has 4 N–H and O–H groups in total. The number of rotatable bonds is 6. The second kappa shape index (κ2) is 6.72. The molecule has 0 aliphatic heterocycles. The van der Waals surface area contributed by atoms with Gasteiger partial charge in [-0.05, 0) is 13.8 Å². The Morgan fingerprint density at radius 1 is 1.41 bits per heavy atom. The highest BCUT2D eigenvalue weighted by atomic mass is 32.2. The predicted octanol–water partition coefficient (Wildman–Crippen LogP) is -0.122. The molecule has 9 heteroatoms. The Balaban J connectivity index is 4.22. The normalized spacial score (nSPS) is 13.2. The summed E-state index contributed by atoms with van der Waals surface area (Å²) < 4.78 is 31.1. The van der Waals surface area contributed by atoms with Crippen LogP contribution in [-0.4, -0.2) is 32.1 Å². The summed E-state index contributed by atoms with van der Waals surface area (Å²) in [5.41, 5.74) is 5.32. The highest BCUT2D eigenvalue weighted by molar-refractivity contribution is 7.88. The summed E-state index contributed by atoms with van der Waals surface area (Å²) in [7, 11) is -3.94. The Kier molecular flexibility index (Phi) is 6.35. The Labute approximate surface area is 106 Å². The first-order valence-electron chi connectivity index (χ1n) is 4.91. The van der Waals surface area contributed by atoms with Crippen molar-refractivity contribution in [3.05, 3.63) is 0 Å². The first kappa shape index (κ1) is 16.1. The standard InChI is InChI=1S/C8H17N3O4S2/c1-5(2)15-8(12)11-17(13,14)10-4-6(3)7(9)16/h5-6,10H,4H2,1-3H3,(H2,9,16)(H,11,12). The number of nitrogens with two attached hydrogens (primary N) is 1. The van der Waals surface area contributed by atoms with E-state index in [9.17, 15) is 13.2 Å². The van der Waals surface area contributed by atoms with Gasteiger partial charge in [0.05, 0.1) is 11.1 Å². The van der Waals surface area contributed by atoms with Gasteiger partial charge < -0.3 is 10.5 Å². The molecule has 0 radical (unpaired) electrons. The Bertz CT molecular complexity index is 380. The average molecular weight is 283 g/mol. The largest absolute Gasteiger partial charge is 0.446 e. The summed E-state index contributed by atoms with van der Waals surface area (Å²) in [6.07, 6.45) is -1.43. The minimum atomic E-state index is -3.94. The van der Waals surface area contributed by atoms with Crippen molar-refractivity contribution in [2.24, 2.45) is 11.7 Å². The SMILES string of the molecule is CC(C)OC(=O)NS(=O)(=O)NCC(C)C(N)=S. The first-order valence-corrected chi connectivity index (χ1v) is 6.80. The van der Waals surface area contributed by atoms with Crippen LogP contribution in [0, 0.1) is 5.92 Å².